The van der Waals surface area contributed by atoms with Gasteiger partial charge in [0.25, 0.3) is 11.8 Å². The van der Waals surface area contributed by atoms with Gasteiger partial charge in [0, 0.05) is 22.0 Å². The highest BCUT2D eigenvalue weighted by Gasteiger charge is 2.08. The Morgan fingerprint density at radius 1 is 0.931 bits per heavy atom. The number of amides is 2. The van der Waals surface area contributed by atoms with Gasteiger partial charge >= 0.3 is 0 Å². The SMILES string of the molecule is Cc1ccc(NC(=O)COc2ccc(C(=O)Nc3ccc(F)cc3)cc2)cc1Cl. The van der Waals surface area contributed by atoms with E-state index in [1.807, 2.05) is 13.0 Å². The van der Waals surface area contributed by atoms with Crippen LogP contribution in [0.3, 0.4) is 0 Å². The van der Waals surface area contributed by atoms with Crippen LogP contribution in [-0.4, -0.2) is 18.4 Å². The summed E-state index contributed by atoms with van der Waals surface area (Å²) < 4.78 is 18.4. The van der Waals surface area contributed by atoms with Crippen molar-refractivity contribution in [1.29, 1.82) is 0 Å². The third kappa shape index (κ3) is 5.80. The fourth-order valence-corrected chi connectivity index (χ4v) is 2.64. The maximum absolute atomic E-state index is 12.9. The summed E-state index contributed by atoms with van der Waals surface area (Å²) in [5.41, 5.74) is 2.40. The second kappa shape index (κ2) is 9.21. The molecule has 3 aromatic rings. The number of carbonyl (C=O) groups excluding carboxylic acids is 2. The van der Waals surface area contributed by atoms with Crippen molar-refractivity contribution in [3.05, 3.63) is 88.7 Å². The third-order valence-electron chi connectivity index (χ3n) is 4.04. The molecule has 0 unspecified atom stereocenters. The number of anilines is 2. The maximum atomic E-state index is 12.9. The third-order valence-corrected chi connectivity index (χ3v) is 4.45. The van der Waals surface area contributed by atoms with Gasteiger partial charge in [-0.3, -0.25) is 9.59 Å². The lowest BCUT2D eigenvalue weighted by molar-refractivity contribution is -0.118. The smallest absolute Gasteiger partial charge is 0.262 e. The summed E-state index contributed by atoms with van der Waals surface area (Å²) in [6.07, 6.45) is 0. The average molecular weight is 413 g/mol. The zero-order valence-corrected chi connectivity index (χ0v) is 16.3. The number of nitrogens with one attached hydrogen (secondary N) is 2. The summed E-state index contributed by atoms with van der Waals surface area (Å²) >= 11 is 6.04. The fraction of sp³-hybridized carbons (Fsp3) is 0.0909. The number of aryl methyl sites for hydroxylation is 1. The van der Waals surface area contributed by atoms with E-state index in [4.69, 9.17) is 16.3 Å². The molecule has 3 rings (SSSR count). The Morgan fingerprint density at radius 3 is 2.24 bits per heavy atom. The molecule has 0 radical (unpaired) electrons. The molecule has 3 aromatic carbocycles. The van der Waals surface area contributed by atoms with Gasteiger partial charge in [-0.05, 0) is 73.2 Å². The molecule has 2 amide bonds. The molecule has 0 aliphatic heterocycles. The van der Waals surface area contributed by atoms with Gasteiger partial charge in [0.15, 0.2) is 6.61 Å². The Bertz CT molecular complexity index is 1020. The normalized spacial score (nSPS) is 10.3. The van der Waals surface area contributed by atoms with Crippen LogP contribution in [0.25, 0.3) is 0 Å². The molecule has 2 N–H and O–H groups in total. The van der Waals surface area contributed by atoms with E-state index < -0.39 is 0 Å². The zero-order valence-electron chi connectivity index (χ0n) is 15.5. The molecule has 0 fully saturated rings. The van der Waals surface area contributed by atoms with Crippen LogP contribution in [0.15, 0.2) is 66.7 Å². The van der Waals surface area contributed by atoms with E-state index in [0.717, 1.165) is 5.56 Å². The first-order valence-corrected chi connectivity index (χ1v) is 9.14. The van der Waals surface area contributed by atoms with E-state index >= 15 is 0 Å². The number of ether oxygens (including phenoxy) is 1. The molecular formula is C22H18ClFN2O3. The lowest BCUT2D eigenvalue weighted by Crippen LogP contribution is -2.20. The monoisotopic (exact) mass is 412 g/mol. The van der Waals surface area contributed by atoms with E-state index in [1.54, 1.807) is 36.4 Å². The molecular weight excluding hydrogens is 395 g/mol. The summed E-state index contributed by atoms with van der Waals surface area (Å²) in [5, 5.41) is 5.94. The molecule has 0 saturated heterocycles. The van der Waals surface area contributed by atoms with Crippen molar-refractivity contribution in [2.75, 3.05) is 17.2 Å². The largest absolute Gasteiger partial charge is 0.484 e. The van der Waals surface area contributed by atoms with Gasteiger partial charge in [0.05, 0.1) is 0 Å². The van der Waals surface area contributed by atoms with Gasteiger partial charge in [-0.15, -0.1) is 0 Å². The molecule has 7 heteroatoms. The Balaban J connectivity index is 1.51. The first-order valence-electron chi connectivity index (χ1n) is 8.76. The quantitative estimate of drug-likeness (QED) is 0.594. The predicted molar refractivity (Wildman–Crippen MR) is 111 cm³/mol. The molecule has 5 nitrogen and oxygen atoms in total. The molecule has 29 heavy (non-hydrogen) atoms. The zero-order chi connectivity index (χ0) is 20.8. The molecule has 0 heterocycles. The number of hydrogen-bond donors (Lipinski definition) is 2. The molecule has 0 aliphatic carbocycles. The van der Waals surface area contributed by atoms with Gasteiger partial charge in [0.1, 0.15) is 11.6 Å². The molecule has 0 spiro atoms. The Kier molecular flexibility index (Phi) is 6.46. The molecule has 148 valence electrons. The van der Waals surface area contributed by atoms with Crippen molar-refractivity contribution in [1.82, 2.24) is 0 Å². The van der Waals surface area contributed by atoms with E-state index in [9.17, 15) is 14.0 Å². The molecule has 0 aromatic heterocycles. The highest BCUT2D eigenvalue weighted by molar-refractivity contribution is 6.31. The van der Waals surface area contributed by atoms with Crippen LogP contribution >= 0.6 is 11.6 Å². The number of halogens is 2. The first-order chi connectivity index (χ1) is 13.9. The highest BCUT2D eigenvalue weighted by atomic mass is 35.5. The van der Waals surface area contributed by atoms with Gasteiger partial charge < -0.3 is 15.4 Å². The number of rotatable bonds is 6. The summed E-state index contributed by atoms with van der Waals surface area (Å²) in [5.74, 6) is -0.598. The lowest BCUT2D eigenvalue weighted by Gasteiger charge is -2.09. The van der Waals surface area contributed by atoms with Crippen molar-refractivity contribution < 1.29 is 18.7 Å². The number of hydrogen-bond acceptors (Lipinski definition) is 3. The van der Waals surface area contributed by atoms with E-state index in [-0.39, 0.29) is 24.2 Å². The second-order valence-electron chi connectivity index (χ2n) is 6.29. The maximum Gasteiger partial charge on any atom is 0.262 e. The second-order valence-corrected chi connectivity index (χ2v) is 6.69. The van der Waals surface area contributed by atoms with Crippen LogP contribution in [-0.2, 0) is 4.79 Å². The van der Waals surface area contributed by atoms with Crippen molar-refractivity contribution in [3.8, 4) is 5.75 Å². The standard InChI is InChI=1S/C22H18ClFN2O3/c1-14-2-7-18(12-20(14)23)25-21(27)13-29-19-10-3-15(4-11-19)22(28)26-17-8-5-16(24)6-9-17/h2-12H,13H2,1H3,(H,25,27)(H,26,28). The van der Waals surface area contributed by atoms with Gasteiger partial charge in [-0.2, -0.15) is 0 Å². The Labute approximate surface area is 172 Å². The lowest BCUT2D eigenvalue weighted by atomic mass is 10.2. The average Bonchev–Trinajstić information content (AvgIpc) is 2.71. The van der Waals surface area contributed by atoms with Crippen LogP contribution in [0.2, 0.25) is 5.02 Å². The topological polar surface area (TPSA) is 67.4 Å². The summed E-state index contributed by atoms with van der Waals surface area (Å²) in [4.78, 5) is 24.2. The van der Waals surface area contributed by atoms with Crippen LogP contribution in [0.4, 0.5) is 15.8 Å². The van der Waals surface area contributed by atoms with Gasteiger partial charge in [0.2, 0.25) is 0 Å². The molecule has 0 aliphatic rings. The van der Waals surface area contributed by atoms with Crippen molar-refractivity contribution >= 4 is 34.8 Å². The minimum absolute atomic E-state index is 0.188. The van der Waals surface area contributed by atoms with Crippen LogP contribution in [0, 0.1) is 12.7 Å². The van der Waals surface area contributed by atoms with Crippen LogP contribution in [0.1, 0.15) is 15.9 Å². The molecule has 0 atom stereocenters. The summed E-state index contributed by atoms with van der Waals surface area (Å²) in [6, 6.07) is 17.1. The minimum Gasteiger partial charge on any atom is -0.484 e. The van der Waals surface area contributed by atoms with E-state index in [0.29, 0.717) is 27.7 Å². The first kappa shape index (κ1) is 20.4. The number of carbonyl (C=O) groups is 2. The Hall–Kier alpha value is -3.38. The van der Waals surface area contributed by atoms with Gasteiger partial charge in [-0.1, -0.05) is 17.7 Å². The van der Waals surface area contributed by atoms with Crippen LogP contribution < -0.4 is 15.4 Å². The van der Waals surface area contributed by atoms with Gasteiger partial charge in [-0.25, -0.2) is 4.39 Å². The molecule has 0 bridgehead atoms. The van der Waals surface area contributed by atoms with Crippen LogP contribution in [0.5, 0.6) is 5.75 Å². The van der Waals surface area contributed by atoms with E-state index in [2.05, 4.69) is 10.6 Å². The van der Waals surface area contributed by atoms with E-state index in [1.165, 1.54) is 24.3 Å². The molecule has 0 saturated carbocycles. The Morgan fingerprint density at radius 2 is 1.59 bits per heavy atom. The summed E-state index contributed by atoms with van der Waals surface area (Å²) in [7, 11) is 0. The highest BCUT2D eigenvalue weighted by Crippen LogP contribution is 2.20. The van der Waals surface area contributed by atoms with Crippen molar-refractivity contribution in [2.24, 2.45) is 0 Å². The minimum atomic E-state index is -0.376. The van der Waals surface area contributed by atoms with Crippen molar-refractivity contribution in [3.63, 3.8) is 0 Å². The summed E-state index contributed by atoms with van der Waals surface area (Å²) in [6.45, 7) is 1.69. The van der Waals surface area contributed by atoms with Crippen molar-refractivity contribution in [2.45, 2.75) is 6.92 Å². The predicted octanol–water partition coefficient (Wildman–Crippen LogP) is 5.06. The number of benzene rings is 3. The fourth-order valence-electron chi connectivity index (χ4n) is 2.46.